The van der Waals surface area contributed by atoms with E-state index in [2.05, 4.69) is 34.7 Å². The van der Waals surface area contributed by atoms with E-state index in [0.717, 1.165) is 21.7 Å². The molecular formula is C16H10N2OS. The average Bonchev–Trinajstić information content (AvgIpc) is 3.02. The van der Waals surface area contributed by atoms with Crippen molar-refractivity contribution in [2.75, 3.05) is 0 Å². The van der Waals surface area contributed by atoms with Crippen molar-refractivity contribution in [3.63, 3.8) is 0 Å². The van der Waals surface area contributed by atoms with Crippen LogP contribution in [-0.2, 0) is 6.61 Å². The number of rotatable bonds is 0. The third-order valence-electron chi connectivity index (χ3n) is 3.75. The number of hydrogen-bond donors (Lipinski definition) is 0. The molecule has 1 aliphatic heterocycles. The van der Waals surface area contributed by atoms with Crippen molar-refractivity contribution >= 4 is 27.3 Å². The summed E-state index contributed by atoms with van der Waals surface area (Å²) < 4.78 is 8.12. The number of thiazole rings is 1. The van der Waals surface area contributed by atoms with Crippen LogP contribution < -0.4 is 4.74 Å². The minimum Gasteiger partial charge on any atom is -0.487 e. The van der Waals surface area contributed by atoms with E-state index >= 15 is 0 Å². The first-order valence-electron chi connectivity index (χ1n) is 6.53. The summed E-state index contributed by atoms with van der Waals surface area (Å²) in [5.41, 5.74) is 4.58. The maximum absolute atomic E-state index is 5.89. The van der Waals surface area contributed by atoms with Crippen LogP contribution in [0.15, 0.2) is 48.5 Å². The first-order valence-corrected chi connectivity index (χ1v) is 7.34. The van der Waals surface area contributed by atoms with Gasteiger partial charge in [0.05, 0.1) is 21.6 Å². The number of nitrogens with zero attached hydrogens (tertiary/aromatic N) is 2. The van der Waals surface area contributed by atoms with Crippen LogP contribution in [0.4, 0.5) is 0 Å². The van der Waals surface area contributed by atoms with E-state index in [1.807, 2.05) is 18.2 Å². The molecule has 0 saturated heterocycles. The molecule has 0 aliphatic carbocycles. The lowest BCUT2D eigenvalue weighted by molar-refractivity contribution is 0.297. The molecule has 0 N–H and O–H groups in total. The van der Waals surface area contributed by atoms with Gasteiger partial charge in [-0.2, -0.15) is 0 Å². The van der Waals surface area contributed by atoms with Gasteiger partial charge in [0.2, 0.25) is 0 Å². The number of aromatic nitrogens is 2. The van der Waals surface area contributed by atoms with Crippen molar-refractivity contribution in [1.82, 2.24) is 9.38 Å². The van der Waals surface area contributed by atoms with Gasteiger partial charge in [0, 0.05) is 5.56 Å². The van der Waals surface area contributed by atoms with Crippen LogP contribution in [0, 0.1) is 0 Å². The number of benzene rings is 2. The number of imidazole rings is 1. The summed E-state index contributed by atoms with van der Waals surface area (Å²) in [6.07, 6.45) is 0. The van der Waals surface area contributed by atoms with Gasteiger partial charge in [0.15, 0.2) is 4.96 Å². The van der Waals surface area contributed by atoms with Crippen LogP contribution in [0.25, 0.3) is 26.4 Å². The quantitative estimate of drug-likeness (QED) is 0.484. The Kier molecular flexibility index (Phi) is 1.89. The summed E-state index contributed by atoms with van der Waals surface area (Å²) in [5, 5.41) is 0. The van der Waals surface area contributed by atoms with Crippen molar-refractivity contribution in [1.29, 1.82) is 0 Å². The van der Waals surface area contributed by atoms with Crippen LogP contribution in [0.2, 0.25) is 0 Å². The SMILES string of the molecule is c1ccc2c(c1)OCc1c-2sc2nc3ccccc3n12. The number of fused-ring (bicyclic) bond motifs is 7. The third-order valence-corrected chi connectivity index (χ3v) is 4.87. The Bertz CT molecular complexity index is 967. The van der Waals surface area contributed by atoms with Gasteiger partial charge in [0.1, 0.15) is 12.4 Å². The fraction of sp³-hybridized carbons (Fsp3) is 0.0625. The first-order chi connectivity index (χ1) is 9.92. The van der Waals surface area contributed by atoms with Crippen LogP contribution in [0.1, 0.15) is 5.69 Å². The molecule has 20 heavy (non-hydrogen) atoms. The van der Waals surface area contributed by atoms with Gasteiger partial charge < -0.3 is 4.74 Å². The minimum atomic E-state index is 0.604. The molecule has 0 amide bonds. The highest BCUT2D eigenvalue weighted by Gasteiger charge is 2.24. The summed E-state index contributed by atoms with van der Waals surface area (Å²) in [6, 6.07) is 16.5. The molecule has 96 valence electrons. The molecule has 2 aromatic carbocycles. The first kappa shape index (κ1) is 10.5. The Hall–Kier alpha value is -2.33. The standard InChI is InChI=1S/C16H10N2OS/c1-4-8-14-10(5-1)15-13(9-19-14)18-12-7-3-2-6-11(12)17-16(18)20-15/h1-8H,9H2. The Balaban J connectivity index is 1.93. The van der Waals surface area contributed by atoms with Crippen LogP contribution in [0.3, 0.4) is 0 Å². The Morgan fingerprint density at radius 1 is 1.05 bits per heavy atom. The van der Waals surface area contributed by atoms with E-state index in [1.165, 1.54) is 16.1 Å². The van der Waals surface area contributed by atoms with E-state index in [1.54, 1.807) is 11.3 Å². The van der Waals surface area contributed by atoms with Gasteiger partial charge in [-0.25, -0.2) is 4.98 Å². The van der Waals surface area contributed by atoms with Crippen molar-refractivity contribution < 1.29 is 4.74 Å². The molecule has 0 fully saturated rings. The van der Waals surface area contributed by atoms with Crippen molar-refractivity contribution in [3.8, 4) is 16.2 Å². The second-order valence-electron chi connectivity index (χ2n) is 4.88. The highest BCUT2D eigenvalue weighted by atomic mass is 32.1. The van der Waals surface area contributed by atoms with Crippen LogP contribution in [0.5, 0.6) is 5.75 Å². The van der Waals surface area contributed by atoms with Gasteiger partial charge in [-0.1, -0.05) is 35.6 Å². The topological polar surface area (TPSA) is 26.5 Å². The molecule has 0 saturated carbocycles. The lowest BCUT2D eigenvalue weighted by atomic mass is 10.1. The van der Waals surface area contributed by atoms with Gasteiger partial charge in [-0.3, -0.25) is 4.40 Å². The number of ether oxygens (including phenoxy) is 1. The monoisotopic (exact) mass is 278 g/mol. The smallest absolute Gasteiger partial charge is 0.195 e. The third kappa shape index (κ3) is 1.22. The summed E-state index contributed by atoms with van der Waals surface area (Å²) in [5.74, 6) is 0.966. The second-order valence-corrected chi connectivity index (χ2v) is 5.86. The molecule has 5 rings (SSSR count). The van der Waals surface area contributed by atoms with Crippen LogP contribution in [-0.4, -0.2) is 9.38 Å². The van der Waals surface area contributed by atoms with E-state index in [9.17, 15) is 0 Å². The highest BCUT2D eigenvalue weighted by molar-refractivity contribution is 7.20. The van der Waals surface area contributed by atoms with Gasteiger partial charge in [-0.05, 0) is 24.3 Å². The zero-order valence-corrected chi connectivity index (χ0v) is 11.4. The molecular weight excluding hydrogens is 268 g/mol. The summed E-state index contributed by atoms with van der Waals surface area (Å²) in [7, 11) is 0. The molecule has 0 radical (unpaired) electrons. The molecule has 0 atom stereocenters. The summed E-state index contributed by atoms with van der Waals surface area (Å²) in [4.78, 5) is 7.04. The normalized spacial score (nSPS) is 13.2. The molecule has 4 heteroatoms. The number of hydrogen-bond acceptors (Lipinski definition) is 3. The maximum Gasteiger partial charge on any atom is 0.195 e. The molecule has 4 aromatic rings. The molecule has 0 bridgehead atoms. The summed E-state index contributed by atoms with van der Waals surface area (Å²) in [6.45, 7) is 0.604. The van der Waals surface area contributed by atoms with Crippen LogP contribution >= 0.6 is 11.3 Å². The minimum absolute atomic E-state index is 0.604. The zero-order chi connectivity index (χ0) is 13.1. The van der Waals surface area contributed by atoms with Crippen molar-refractivity contribution in [2.24, 2.45) is 0 Å². The molecule has 0 spiro atoms. The molecule has 3 nitrogen and oxygen atoms in total. The highest BCUT2D eigenvalue weighted by Crippen LogP contribution is 2.43. The molecule has 0 unspecified atom stereocenters. The second kappa shape index (κ2) is 3.61. The Morgan fingerprint density at radius 2 is 1.90 bits per heavy atom. The average molecular weight is 278 g/mol. The van der Waals surface area contributed by atoms with E-state index < -0.39 is 0 Å². The maximum atomic E-state index is 5.89. The molecule has 2 aromatic heterocycles. The zero-order valence-electron chi connectivity index (χ0n) is 10.5. The predicted molar refractivity (Wildman–Crippen MR) is 80.3 cm³/mol. The van der Waals surface area contributed by atoms with E-state index in [4.69, 9.17) is 9.72 Å². The number of para-hydroxylation sites is 3. The lowest BCUT2D eigenvalue weighted by Gasteiger charge is -2.17. The largest absolute Gasteiger partial charge is 0.487 e. The fourth-order valence-corrected chi connectivity index (χ4v) is 4.02. The van der Waals surface area contributed by atoms with Crippen molar-refractivity contribution in [2.45, 2.75) is 6.61 Å². The van der Waals surface area contributed by atoms with Gasteiger partial charge in [0.25, 0.3) is 0 Å². The summed E-state index contributed by atoms with van der Waals surface area (Å²) >= 11 is 1.74. The fourth-order valence-electron chi connectivity index (χ4n) is 2.85. The van der Waals surface area contributed by atoms with Gasteiger partial charge in [-0.15, -0.1) is 0 Å². The molecule has 1 aliphatic rings. The van der Waals surface area contributed by atoms with Gasteiger partial charge >= 0.3 is 0 Å². The Labute approximate surface area is 119 Å². The lowest BCUT2D eigenvalue weighted by Crippen LogP contribution is -2.06. The van der Waals surface area contributed by atoms with E-state index in [-0.39, 0.29) is 0 Å². The Morgan fingerprint density at radius 3 is 2.90 bits per heavy atom. The molecule has 3 heterocycles. The predicted octanol–water partition coefficient (Wildman–Crippen LogP) is 4.11. The van der Waals surface area contributed by atoms with Crippen molar-refractivity contribution in [3.05, 3.63) is 54.2 Å². The van der Waals surface area contributed by atoms with E-state index in [0.29, 0.717) is 6.61 Å².